The molecule has 20 heavy (non-hydrogen) atoms. The zero-order chi connectivity index (χ0) is 14.2. The van der Waals surface area contributed by atoms with Gasteiger partial charge in [0.15, 0.2) is 0 Å². The molecule has 1 heterocycles. The minimum Gasteiger partial charge on any atom is -0.313 e. The van der Waals surface area contributed by atoms with Crippen molar-refractivity contribution in [2.75, 3.05) is 12.3 Å². The molecule has 1 atom stereocenters. The number of rotatable bonds is 8. The van der Waals surface area contributed by atoms with Crippen molar-refractivity contribution in [1.82, 2.24) is 10.3 Å². The summed E-state index contributed by atoms with van der Waals surface area (Å²) in [7, 11) is 0. The van der Waals surface area contributed by atoms with Crippen molar-refractivity contribution in [3.05, 3.63) is 46.4 Å². The van der Waals surface area contributed by atoms with E-state index < -0.39 is 0 Å². The van der Waals surface area contributed by atoms with Crippen LogP contribution in [0.3, 0.4) is 0 Å². The van der Waals surface area contributed by atoms with Gasteiger partial charge in [0.25, 0.3) is 0 Å². The third-order valence-corrected chi connectivity index (χ3v) is 5.13. The second-order valence-electron chi connectivity index (χ2n) is 4.86. The Hall–Kier alpha value is -0.840. The summed E-state index contributed by atoms with van der Waals surface area (Å²) in [6.45, 7) is 5.35. The molecule has 0 fully saturated rings. The summed E-state index contributed by atoms with van der Waals surface area (Å²) in [5, 5.41) is 7.02. The molecule has 0 spiro atoms. The van der Waals surface area contributed by atoms with Crippen molar-refractivity contribution in [3.63, 3.8) is 0 Å². The molecule has 0 saturated heterocycles. The highest BCUT2D eigenvalue weighted by molar-refractivity contribution is 7.99. The van der Waals surface area contributed by atoms with Crippen LogP contribution in [-0.4, -0.2) is 23.3 Å². The molecule has 0 radical (unpaired) electrons. The van der Waals surface area contributed by atoms with Gasteiger partial charge in [0, 0.05) is 34.2 Å². The average molecular weight is 306 g/mol. The van der Waals surface area contributed by atoms with E-state index in [1.807, 2.05) is 11.8 Å². The Kier molecular flexibility index (Phi) is 6.57. The third-order valence-electron chi connectivity index (χ3n) is 2.96. The first-order chi connectivity index (χ1) is 9.78. The summed E-state index contributed by atoms with van der Waals surface area (Å²) in [6.07, 6.45) is 2.20. The fourth-order valence-electron chi connectivity index (χ4n) is 1.96. The number of aromatic nitrogens is 1. The number of thioether (sulfide) groups is 1. The number of nitrogens with one attached hydrogen (secondary N) is 1. The van der Waals surface area contributed by atoms with Crippen LogP contribution in [0.15, 0.2) is 40.6 Å². The summed E-state index contributed by atoms with van der Waals surface area (Å²) in [4.78, 5) is 5.92. The highest BCUT2D eigenvalue weighted by Crippen LogP contribution is 2.20. The number of aryl methyl sites for hydroxylation is 1. The van der Waals surface area contributed by atoms with Crippen molar-refractivity contribution in [2.45, 2.75) is 37.6 Å². The van der Waals surface area contributed by atoms with E-state index in [0.717, 1.165) is 24.4 Å². The molecule has 108 valence electrons. The standard InChI is InChI=1S/C16H22N2S2/c1-3-9-17-14(10-16-18-13(2)11-20-16)12-19-15-7-5-4-6-8-15/h4-8,11,14,17H,3,9-10,12H2,1-2H3. The fourth-order valence-corrected chi connectivity index (χ4v) is 3.79. The number of thiazole rings is 1. The maximum atomic E-state index is 4.58. The molecule has 2 nitrogen and oxygen atoms in total. The van der Waals surface area contributed by atoms with Gasteiger partial charge in [-0.3, -0.25) is 0 Å². The lowest BCUT2D eigenvalue weighted by Gasteiger charge is -2.17. The molecule has 0 aliphatic heterocycles. The van der Waals surface area contributed by atoms with E-state index >= 15 is 0 Å². The Morgan fingerprint density at radius 1 is 1.30 bits per heavy atom. The van der Waals surface area contributed by atoms with E-state index in [0.29, 0.717) is 6.04 Å². The van der Waals surface area contributed by atoms with Crippen LogP contribution in [0.2, 0.25) is 0 Å². The highest BCUT2D eigenvalue weighted by atomic mass is 32.2. The first kappa shape index (κ1) is 15.5. The van der Waals surface area contributed by atoms with Gasteiger partial charge < -0.3 is 5.32 Å². The molecule has 1 aromatic carbocycles. The van der Waals surface area contributed by atoms with Crippen LogP contribution in [0.1, 0.15) is 24.0 Å². The van der Waals surface area contributed by atoms with Gasteiger partial charge in [-0.15, -0.1) is 23.1 Å². The predicted octanol–water partition coefficient (Wildman–Crippen LogP) is 4.15. The summed E-state index contributed by atoms with van der Waals surface area (Å²) < 4.78 is 0. The molecular formula is C16H22N2S2. The first-order valence-electron chi connectivity index (χ1n) is 7.10. The van der Waals surface area contributed by atoms with Crippen LogP contribution in [0, 0.1) is 6.92 Å². The minimum atomic E-state index is 0.491. The lowest BCUT2D eigenvalue weighted by Crippen LogP contribution is -2.34. The Morgan fingerprint density at radius 3 is 2.75 bits per heavy atom. The molecule has 0 saturated carbocycles. The van der Waals surface area contributed by atoms with Crippen molar-refractivity contribution in [2.24, 2.45) is 0 Å². The van der Waals surface area contributed by atoms with Gasteiger partial charge in [-0.1, -0.05) is 25.1 Å². The van der Waals surface area contributed by atoms with Gasteiger partial charge >= 0.3 is 0 Å². The van der Waals surface area contributed by atoms with Crippen LogP contribution in [-0.2, 0) is 6.42 Å². The molecule has 0 bridgehead atoms. The zero-order valence-electron chi connectivity index (χ0n) is 12.1. The van der Waals surface area contributed by atoms with E-state index in [1.54, 1.807) is 11.3 Å². The molecular weight excluding hydrogens is 284 g/mol. The van der Waals surface area contributed by atoms with Crippen LogP contribution in [0.4, 0.5) is 0 Å². The van der Waals surface area contributed by atoms with Gasteiger partial charge in [-0.25, -0.2) is 4.98 Å². The maximum Gasteiger partial charge on any atom is 0.0943 e. The van der Waals surface area contributed by atoms with E-state index in [1.165, 1.54) is 16.3 Å². The maximum absolute atomic E-state index is 4.58. The number of benzene rings is 1. The van der Waals surface area contributed by atoms with Crippen LogP contribution < -0.4 is 5.32 Å². The molecule has 0 aliphatic rings. The van der Waals surface area contributed by atoms with E-state index in [4.69, 9.17) is 0 Å². The summed E-state index contributed by atoms with van der Waals surface area (Å²) >= 11 is 3.69. The number of hydrogen-bond acceptors (Lipinski definition) is 4. The number of hydrogen-bond donors (Lipinski definition) is 1. The summed E-state index contributed by atoms with van der Waals surface area (Å²) in [6, 6.07) is 11.1. The summed E-state index contributed by atoms with van der Waals surface area (Å²) in [5.74, 6) is 1.09. The van der Waals surface area contributed by atoms with E-state index in [2.05, 4.69) is 59.9 Å². The van der Waals surface area contributed by atoms with Crippen LogP contribution in [0.5, 0.6) is 0 Å². The normalized spacial score (nSPS) is 12.5. The van der Waals surface area contributed by atoms with Crippen molar-refractivity contribution >= 4 is 23.1 Å². The van der Waals surface area contributed by atoms with Gasteiger partial charge in [-0.05, 0) is 32.0 Å². The summed E-state index contributed by atoms with van der Waals surface area (Å²) in [5.41, 5.74) is 1.13. The lowest BCUT2D eigenvalue weighted by atomic mass is 10.2. The molecule has 1 unspecified atom stereocenters. The smallest absolute Gasteiger partial charge is 0.0943 e. The second kappa shape index (κ2) is 8.45. The van der Waals surface area contributed by atoms with Crippen LogP contribution >= 0.6 is 23.1 Å². The molecule has 2 aromatic rings. The lowest BCUT2D eigenvalue weighted by molar-refractivity contribution is 0.549. The Balaban J connectivity index is 1.89. The van der Waals surface area contributed by atoms with Crippen molar-refractivity contribution in [3.8, 4) is 0 Å². The SMILES string of the molecule is CCCNC(CSc1ccccc1)Cc1nc(C)cs1. The highest BCUT2D eigenvalue weighted by Gasteiger charge is 2.11. The topological polar surface area (TPSA) is 24.9 Å². The zero-order valence-corrected chi connectivity index (χ0v) is 13.8. The molecule has 1 N–H and O–H groups in total. The fraction of sp³-hybridized carbons (Fsp3) is 0.438. The largest absolute Gasteiger partial charge is 0.313 e. The Bertz CT molecular complexity index is 496. The van der Waals surface area contributed by atoms with Crippen molar-refractivity contribution in [1.29, 1.82) is 0 Å². The predicted molar refractivity (Wildman–Crippen MR) is 89.8 cm³/mol. The molecule has 4 heteroatoms. The van der Waals surface area contributed by atoms with Gasteiger partial charge in [0.2, 0.25) is 0 Å². The van der Waals surface area contributed by atoms with E-state index in [9.17, 15) is 0 Å². The minimum absolute atomic E-state index is 0.491. The van der Waals surface area contributed by atoms with E-state index in [-0.39, 0.29) is 0 Å². The van der Waals surface area contributed by atoms with Crippen molar-refractivity contribution < 1.29 is 0 Å². The third kappa shape index (κ3) is 5.27. The Morgan fingerprint density at radius 2 is 2.10 bits per heavy atom. The quantitative estimate of drug-likeness (QED) is 0.742. The first-order valence-corrected chi connectivity index (χ1v) is 8.96. The average Bonchev–Trinajstić information content (AvgIpc) is 2.88. The molecule has 0 amide bonds. The monoisotopic (exact) mass is 306 g/mol. The van der Waals surface area contributed by atoms with Gasteiger partial charge in [-0.2, -0.15) is 0 Å². The molecule has 1 aromatic heterocycles. The second-order valence-corrected chi connectivity index (χ2v) is 6.90. The molecule has 0 aliphatic carbocycles. The number of nitrogens with zero attached hydrogens (tertiary/aromatic N) is 1. The van der Waals surface area contributed by atoms with Crippen LogP contribution in [0.25, 0.3) is 0 Å². The molecule has 2 rings (SSSR count). The van der Waals surface area contributed by atoms with Gasteiger partial charge in [0.1, 0.15) is 0 Å². The van der Waals surface area contributed by atoms with Gasteiger partial charge in [0.05, 0.1) is 5.01 Å². The Labute approximate surface area is 130 Å².